The van der Waals surface area contributed by atoms with Crippen LogP contribution >= 0.6 is 23.2 Å². The lowest BCUT2D eigenvalue weighted by Gasteiger charge is -2.42. The summed E-state index contributed by atoms with van der Waals surface area (Å²) in [7, 11) is 4.73. The second kappa shape index (κ2) is 11.3. The van der Waals surface area contributed by atoms with Crippen molar-refractivity contribution in [3.63, 3.8) is 0 Å². The summed E-state index contributed by atoms with van der Waals surface area (Å²) in [6.45, 7) is 3.90. The third-order valence-electron chi connectivity index (χ3n) is 6.67. The van der Waals surface area contributed by atoms with Gasteiger partial charge in [0, 0.05) is 37.0 Å². The number of aliphatic hydroxyl groups is 2. The van der Waals surface area contributed by atoms with Crippen LogP contribution in [0.2, 0.25) is 10.0 Å². The minimum absolute atomic E-state index is 0.0450. The first-order valence-electron chi connectivity index (χ1n) is 11.8. The molecule has 0 spiro atoms. The Morgan fingerprint density at radius 1 is 1.17 bits per heavy atom. The number of fused-ring (bicyclic) bond motifs is 1. The Morgan fingerprint density at radius 2 is 1.81 bits per heavy atom. The number of benzene rings is 1. The highest BCUT2D eigenvalue weighted by molar-refractivity contribution is 6.41. The number of methoxy groups -OCH3 is 2. The molecule has 4 unspecified atom stereocenters. The monoisotopic (exact) mass is 538 g/mol. The molecule has 0 bridgehead atoms. The summed E-state index contributed by atoms with van der Waals surface area (Å²) in [5.41, 5.74) is 1.17. The van der Waals surface area contributed by atoms with E-state index in [2.05, 4.69) is 22.2 Å². The van der Waals surface area contributed by atoms with Crippen molar-refractivity contribution < 1.29 is 19.7 Å². The fourth-order valence-electron chi connectivity index (χ4n) is 4.74. The molecule has 36 heavy (non-hydrogen) atoms. The highest BCUT2D eigenvalue weighted by Gasteiger charge is 2.35. The lowest BCUT2D eigenvalue weighted by molar-refractivity contribution is 0.151. The molecular formula is C24H32Cl2N6O4. The number of halogens is 2. The Kier molecular flexibility index (Phi) is 8.31. The number of aromatic nitrogens is 2. The average molecular weight is 539 g/mol. The molecule has 4 rings (SSSR count). The minimum atomic E-state index is -1.11. The SMILES string of the molecule is C=CC(O)NC1CCCCC1Nc1ncc2c(n1)N(C)C(O)N(c1c(Cl)c(OC)cc(OC)c1Cl)C2. The van der Waals surface area contributed by atoms with Gasteiger partial charge in [0.25, 0.3) is 0 Å². The molecule has 2 aliphatic rings. The van der Waals surface area contributed by atoms with Gasteiger partial charge in [0.15, 0.2) is 0 Å². The predicted octanol–water partition coefficient (Wildman–Crippen LogP) is 3.35. The van der Waals surface area contributed by atoms with Gasteiger partial charge in [0.05, 0.1) is 26.5 Å². The average Bonchev–Trinajstić information content (AvgIpc) is 2.88. The van der Waals surface area contributed by atoms with Crippen molar-refractivity contribution in [3.05, 3.63) is 40.5 Å². The van der Waals surface area contributed by atoms with Gasteiger partial charge >= 0.3 is 0 Å². The third-order valence-corrected chi connectivity index (χ3v) is 7.40. The first kappa shape index (κ1) is 26.6. The van der Waals surface area contributed by atoms with E-state index < -0.39 is 12.6 Å². The van der Waals surface area contributed by atoms with Gasteiger partial charge in [-0.1, -0.05) is 42.6 Å². The molecule has 1 aliphatic carbocycles. The van der Waals surface area contributed by atoms with E-state index in [1.165, 1.54) is 20.3 Å². The van der Waals surface area contributed by atoms with Gasteiger partial charge in [0.2, 0.25) is 12.3 Å². The molecule has 0 saturated heterocycles. The lowest BCUT2D eigenvalue weighted by atomic mass is 9.90. The van der Waals surface area contributed by atoms with Crippen LogP contribution in [0, 0.1) is 0 Å². The first-order chi connectivity index (χ1) is 17.3. The van der Waals surface area contributed by atoms with Crippen molar-refractivity contribution in [1.29, 1.82) is 0 Å². The Bertz CT molecular complexity index is 1080. The molecular weight excluding hydrogens is 507 g/mol. The summed E-state index contributed by atoms with van der Waals surface area (Å²) < 4.78 is 10.8. The van der Waals surface area contributed by atoms with E-state index in [4.69, 9.17) is 37.7 Å². The number of nitrogens with zero attached hydrogens (tertiary/aromatic N) is 4. The Balaban J connectivity index is 1.61. The minimum Gasteiger partial charge on any atom is -0.495 e. The summed E-state index contributed by atoms with van der Waals surface area (Å²) in [6, 6.07) is 1.70. The number of anilines is 3. The highest BCUT2D eigenvalue weighted by atomic mass is 35.5. The first-order valence-corrected chi connectivity index (χ1v) is 12.5. The van der Waals surface area contributed by atoms with Crippen molar-refractivity contribution in [2.75, 3.05) is 36.4 Å². The van der Waals surface area contributed by atoms with Crippen LogP contribution in [-0.4, -0.2) is 66.1 Å². The van der Waals surface area contributed by atoms with Crippen LogP contribution in [0.5, 0.6) is 11.5 Å². The van der Waals surface area contributed by atoms with Gasteiger partial charge in [-0.05, 0) is 18.9 Å². The van der Waals surface area contributed by atoms with Crippen molar-refractivity contribution >= 4 is 40.7 Å². The Morgan fingerprint density at radius 3 is 2.42 bits per heavy atom. The van der Waals surface area contributed by atoms with Crippen LogP contribution in [0.3, 0.4) is 0 Å². The standard InChI is InChI=1S/C24H32Cl2N6O4/c1-5-18(33)28-14-8-6-7-9-15(14)29-23-27-11-13-12-32(24(34)31(2)22(13)30-23)21-19(25)16(35-3)10-17(36-4)20(21)26/h5,10-11,14-15,18,24,28,33-34H,1,6-9,12H2,2-4H3,(H,27,29,30). The van der Waals surface area contributed by atoms with Crippen molar-refractivity contribution in [2.45, 2.75) is 56.9 Å². The maximum atomic E-state index is 11.2. The highest BCUT2D eigenvalue weighted by Crippen LogP contribution is 2.48. The van der Waals surface area contributed by atoms with E-state index in [9.17, 15) is 10.2 Å². The fourth-order valence-corrected chi connectivity index (χ4v) is 5.46. The molecule has 1 saturated carbocycles. The van der Waals surface area contributed by atoms with E-state index in [1.807, 2.05) is 0 Å². The summed E-state index contributed by atoms with van der Waals surface area (Å²) in [4.78, 5) is 12.5. The van der Waals surface area contributed by atoms with Gasteiger partial charge in [0.1, 0.15) is 33.6 Å². The van der Waals surface area contributed by atoms with Crippen LogP contribution in [-0.2, 0) is 6.54 Å². The largest absolute Gasteiger partial charge is 0.495 e. The van der Waals surface area contributed by atoms with Crippen LogP contribution in [0.1, 0.15) is 31.2 Å². The second-order valence-corrected chi connectivity index (χ2v) is 9.63. The van der Waals surface area contributed by atoms with Crippen molar-refractivity contribution in [3.8, 4) is 11.5 Å². The number of ether oxygens (including phenoxy) is 2. The summed E-state index contributed by atoms with van der Waals surface area (Å²) >= 11 is 13.2. The van der Waals surface area contributed by atoms with Gasteiger partial charge in [-0.25, -0.2) is 4.98 Å². The van der Waals surface area contributed by atoms with E-state index in [0.29, 0.717) is 29.0 Å². The lowest BCUT2D eigenvalue weighted by Crippen LogP contribution is -2.51. The molecule has 10 nitrogen and oxygen atoms in total. The molecule has 0 radical (unpaired) electrons. The van der Waals surface area contributed by atoms with Crippen molar-refractivity contribution in [2.24, 2.45) is 0 Å². The number of nitrogens with one attached hydrogen (secondary N) is 2. The Labute approximate surface area is 220 Å². The zero-order chi connectivity index (χ0) is 26.0. The fraction of sp³-hybridized carbons (Fsp3) is 0.500. The van der Waals surface area contributed by atoms with E-state index in [-0.39, 0.29) is 28.7 Å². The third kappa shape index (κ3) is 5.14. The molecule has 1 aliphatic heterocycles. The molecule has 4 atom stereocenters. The number of rotatable bonds is 8. The quantitative estimate of drug-likeness (QED) is 0.294. The molecule has 4 N–H and O–H groups in total. The van der Waals surface area contributed by atoms with Gasteiger partial charge in [-0.15, -0.1) is 0 Å². The summed E-state index contributed by atoms with van der Waals surface area (Å²) in [5.74, 6) is 1.79. The maximum Gasteiger partial charge on any atom is 0.224 e. The van der Waals surface area contributed by atoms with E-state index in [1.54, 1.807) is 29.1 Å². The molecule has 0 amide bonds. The van der Waals surface area contributed by atoms with Crippen molar-refractivity contribution in [1.82, 2.24) is 15.3 Å². The zero-order valence-electron chi connectivity index (χ0n) is 20.5. The van der Waals surface area contributed by atoms with Crippen LogP contribution in [0.4, 0.5) is 17.5 Å². The number of hydrogen-bond donors (Lipinski definition) is 4. The van der Waals surface area contributed by atoms with Crippen LogP contribution in [0.15, 0.2) is 24.9 Å². The molecule has 2 heterocycles. The molecule has 1 fully saturated rings. The van der Waals surface area contributed by atoms with E-state index >= 15 is 0 Å². The van der Waals surface area contributed by atoms with Gasteiger partial charge in [-0.3, -0.25) is 5.32 Å². The second-order valence-electron chi connectivity index (χ2n) is 8.87. The smallest absolute Gasteiger partial charge is 0.224 e. The van der Waals surface area contributed by atoms with Crippen LogP contribution < -0.4 is 29.9 Å². The topological polar surface area (TPSA) is 115 Å². The maximum absolute atomic E-state index is 11.2. The number of hydrogen-bond acceptors (Lipinski definition) is 10. The Hall–Kier alpha value is -2.50. The predicted molar refractivity (Wildman–Crippen MR) is 141 cm³/mol. The molecule has 196 valence electrons. The molecule has 1 aromatic carbocycles. The summed E-state index contributed by atoms with van der Waals surface area (Å²) in [5, 5.41) is 28.3. The molecule has 1 aromatic heterocycles. The number of aliphatic hydroxyl groups excluding tert-OH is 2. The zero-order valence-corrected chi connectivity index (χ0v) is 22.1. The molecule has 12 heteroatoms. The van der Waals surface area contributed by atoms with E-state index in [0.717, 1.165) is 31.2 Å². The molecule has 2 aromatic rings. The van der Waals surface area contributed by atoms with Crippen LogP contribution in [0.25, 0.3) is 0 Å². The van der Waals surface area contributed by atoms with Gasteiger partial charge < -0.3 is 34.8 Å². The summed E-state index contributed by atoms with van der Waals surface area (Å²) in [6.07, 6.45) is 5.31. The van der Waals surface area contributed by atoms with Gasteiger partial charge in [-0.2, -0.15) is 4.98 Å². The normalized spacial score (nSPS) is 22.6.